The zero-order valence-electron chi connectivity index (χ0n) is 12.1. The molecule has 3 heterocycles. The lowest BCUT2D eigenvalue weighted by Crippen LogP contribution is -2.27. The number of nitrogens with zero attached hydrogens (tertiary/aromatic N) is 3. The van der Waals surface area contributed by atoms with Crippen LogP contribution in [0.25, 0.3) is 0 Å². The summed E-state index contributed by atoms with van der Waals surface area (Å²) in [5.74, 6) is 0.0371. The Morgan fingerprint density at radius 1 is 1.33 bits per heavy atom. The van der Waals surface area contributed by atoms with Gasteiger partial charge in [0, 0.05) is 19.5 Å². The molecule has 0 spiro atoms. The molecule has 0 radical (unpaired) electrons. The first-order valence-electron chi connectivity index (χ1n) is 7.53. The van der Waals surface area contributed by atoms with Gasteiger partial charge < -0.3 is 19.2 Å². The molecule has 0 unspecified atom stereocenters. The summed E-state index contributed by atoms with van der Waals surface area (Å²) in [4.78, 5) is 20.8. The van der Waals surface area contributed by atoms with E-state index in [1.807, 2.05) is 4.90 Å². The van der Waals surface area contributed by atoms with Gasteiger partial charge in [0.2, 0.25) is 0 Å². The summed E-state index contributed by atoms with van der Waals surface area (Å²) in [6, 6.07) is 0. The number of amides is 1. The van der Waals surface area contributed by atoms with Crippen LogP contribution in [-0.2, 0) is 9.47 Å². The Bertz CT molecular complexity index is 465. The van der Waals surface area contributed by atoms with Crippen molar-refractivity contribution in [3.8, 4) is 0 Å². The highest BCUT2D eigenvalue weighted by Gasteiger charge is 2.21. The molecule has 1 amide bonds. The summed E-state index contributed by atoms with van der Waals surface area (Å²) < 4.78 is 10.7. The van der Waals surface area contributed by atoms with Crippen LogP contribution in [0.1, 0.15) is 36.0 Å². The molecule has 2 saturated heterocycles. The van der Waals surface area contributed by atoms with Crippen LogP contribution in [0.4, 0.5) is 0 Å². The third kappa shape index (κ3) is 3.74. The number of likely N-dealkylation sites (tertiary alicyclic amines) is 1. The zero-order chi connectivity index (χ0) is 14.5. The highest BCUT2D eigenvalue weighted by molar-refractivity contribution is 5.93. The van der Waals surface area contributed by atoms with Gasteiger partial charge in [0.1, 0.15) is 6.61 Å². The van der Waals surface area contributed by atoms with Gasteiger partial charge >= 0.3 is 0 Å². The van der Waals surface area contributed by atoms with Gasteiger partial charge in [-0.2, -0.15) is 0 Å². The van der Waals surface area contributed by atoms with Crippen molar-refractivity contribution in [3.05, 3.63) is 18.0 Å². The Labute approximate surface area is 123 Å². The van der Waals surface area contributed by atoms with Crippen LogP contribution in [0.3, 0.4) is 0 Å². The maximum absolute atomic E-state index is 12.1. The highest BCUT2D eigenvalue weighted by Crippen LogP contribution is 2.12. The maximum Gasteiger partial charge on any atom is 0.257 e. The van der Waals surface area contributed by atoms with E-state index in [0.717, 1.165) is 38.8 Å². The summed E-state index contributed by atoms with van der Waals surface area (Å²) in [5.41, 5.74) is 0.583. The summed E-state index contributed by atoms with van der Waals surface area (Å²) in [6.45, 7) is 3.54. The van der Waals surface area contributed by atoms with Crippen molar-refractivity contribution in [2.75, 3.05) is 32.9 Å². The zero-order valence-corrected chi connectivity index (χ0v) is 12.1. The number of carbonyl (C=O) groups excluding carboxylic acids is 1. The van der Waals surface area contributed by atoms with Crippen LogP contribution in [0, 0.1) is 0 Å². The average molecular weight is 295 g/mol. The number of hydrogen-bond acceptors (Lipinski definition) is 5. The topological polar surface area (TPSA) is 65.8 Å². The van der Waals surface area contributed by atoms with Crippen LogP contribution in [0.2, 0.25) is 0 Å². The number of carbonyl (C=O) groups is 1. The average Bonchev–Trinajstić information content (AvgIpc) is 3.24. The van der Waals surface area contributed by atoms with E-state index in [0.29, 0.717) is 25.4 Å². The molecule has 0 aliphatic carbocycles. The number of ether oxygens (including phenoxy) is 2. The first kappa shape index (κ1) is 14.3. The fourth-order valence-corrected chi connectivity index (χ4v) is 2.57. The van der Waals surface area contributed by atoms with Crippen molar-refractivity contribution in [2.24, 2.45) is 0 Å². The van der Waals surface area contributed by atoms with Gasteiger partial charge in [-0.25, -0.2) is 0 Å². The summed E-state index contributed by atoms with van der Waals surface area (Å²) in [6.07, 6.45) is 6.90. The van der Waals surface area contributed by atoms with E-state index < -0.39 is 0 Å². The SMILES string of the molecule is O=C(c1cnn(OCCCC2OCCO2)c1)N1CCCC1. The second-order valence-corrected chi connectivity index (χ2v) is 5.28. The standard InChI is InChI=1S/C14H21N3O4/c18-14(16-5-1-2-6-16)12-10-15-17(11-12)21-7-3-4-13-19-8-9-20-13/h10-11,13H,1-9H2. The largest absolute Gasteiger partial charge is 0.397 e. The Kier molecular flexibility index (Phi) is 4.72. The van der Waals surface area contributed by atoms with E-state index in [-0.39, 0.29) is 12.2 Å². The Morgan fingerprint density at radius 2 is 2.10 bits per heavy atom. The Morgan fingerprint density at radius 3 is 2.86 bits per heavy atom. The molecule has 116 valence electrons. The van der Waals surface area contributed by atoms with E-state index in [9.17, 15) is 4.79 Å². The molecule has 2 aliphatic heterocycles. The van der Waals surface area contributed by atoms with Crippen molar-refractivity contribution in [3.63, 3.8) is 0 Å². The molecule has 3 rings (SSSR count). The third-order valence-electron chi connectivity index (χ3n) is 3.70. The van der Waals surface area contributed by atoms with Crippen LogP contribution in [-0.4, -0.2) is 60.0 Å². The number of hydrogen-bond donors (Lipinski definition) is 0. The number of rotatable bonds is 6. The minimum Gasteiger partial charge on any atom is -0.397 e. The fraction of sp³-hybridized carbons (Fsp3) is 0.714. The molecule has 7 heteroatoms. The van der Waals surface area contributed by atoms with Crippen molar-refractivity contribution in [1.29, 1.82) is 0 Å². The van der Waals surface area contributed by atoms with Crippen LogP contribution >= 0.6 is 0 Å². The smallest absolute Gasteiger partial charge is 0.257 e. The summed E-state index contributed by atoms with van der Waals surface area (Å²) in [5, 5.41) is 4.06. The van der Waals surface area contributed by atoms with E-state index in [4.69, 9.17) is 14.3 Å². The third-order valence-corrected chi connectivity index (χ3v) is 3.70. The lowest BCUT2D eigenvalue weighted by Gasteiger charge is -2.13. The molecule has 0 saturated carbocycles. The maximum atomic E-state index is 12.1. The molecule has 7 nitrogen and oxygen atoms in total. The van der Waals surface area contributed by atoms with Gasteiger partial charge in [-0.05, 0) is 19.3 Å². The molecule has 1 aromatic rings. The summed E-state index contributed by atoms with van der Waals surface area (Å²) >= 11 is 0. The second-order valence-electron chi connectivity index (χ2n) is 5.28. The predicted octanol–water partition coefficient (Wildman–Crippen LogP) is 0.701. The van der Waals surface area contributed by atoms with Gasteiger partial charge in [0.05, 0.1) is 31.2 Å². The normalized spacial score (nSPS) is 19.3. The lowest BCUT2D eigenvalue weighted by molar-refractivity contribution is -0.0527. The molecule has 2 aliphatic rings. The first-order chi connectivity index (χ1) is 10.3. The molecule has 0 bridgehead atoms. The van der Waals surface area contributed by atoms with E-state index in [1.54, 1.807) is 12.4 Å². The molecular formula is C14H21N3O4. The van der Waals surface area contributed by atoms with Gasteiger partial charge in [-0.15, -0.1) is 9.94 Å². The molecule has 1 aromatic heterocycles. The lowest BCUT2D eigenvalue weighted by atomic mass is 10.3. The van der Waals surface area contributed by atoms with Crippen LogP contribution in [0.15, 0.2) is 12.4 Å². The van der Waals surface area contributed by atoms with Crippen molar-refractivity contribution < 1.29 is 19.1 Å². The second kappa shape index (κ2) is 6.91. The molecule has 0 atom stereocenters. The van der Waals surface area contributed by atoms with Crippen molar-refractivity contribution >= 4 is 5.91 Å². The summed E-state index contributed by atoms with van der Waals surface area (Å²) in [7, 11) is 0. The molecule has 0 aromatic carbocycles. The Balaban J connectivity index is 1.40. The van der Waals surface area contributed by atoms with Crippen molar-refractivity contribution in [2.45, 2.75) is 32.0 Å². The fourth-order valence-electron chi connectivity index (χ4n) is 2.57. The first-order valence-corrected chi connectivity index (χ1v) is 7.53. The van der Waals surface area contributed by atoms with E-state index in [2.05, 4.69) is 5.10 Å². The minimum atomic E-state index is -0.0986. The van der Waals surface area contributed by atoms with Crippen LogP contribution in [0.5, 0.6) is 0 Å². The molecule has 0 N–H and O–H groups in total. The monoisotopic (exact) mass is 295 g/mol. The molecule has 2 fully saturated rings. The molecular weight excluding hydrogens is 274 g/mol. The van der Waals surface area contributed by atoms with Gasteiger partial charge in [0.25, 0.3) is 5.91 Å². The number of aromatic nitrogens is 2. The van der Waals surface area contributed by atoms with E-state index >= 15 is 0 Å². The molecule has 21 heavy (non-hydrogen) atoms. The van der Waals surface area contributed by atoms with E-state index in [1.165, 1.54) is 4.85 Å². The highest BCUT2D eigenvalue weighted by atomic mass is 16.7. The van der Waals surface area contributed by atoms with Gasteiger partial charge in [-0.1, -0.05) is 0 Å². The van der Waals surface area contributed by atoms with Gasteiger partial charge in [0.15, 0.2) is 6.29 Å². The minimum absolute atomic E-state index is 0.0371. The predicted molar refractivity (Wildman–Crippen MR) is 73.7 cm³/mol. The van der Waals surface area contributed by atoms with Crippen LogP contribution < -0.4 is 4.84 Å². The quantitative estimate of drug-likeness (QED) is 0.723. The van der Waals surface area contributed by atoms with Crippen molar-refractivity contribution in [1.82, 2.24) is 14.8 Å². The Hall–Kier alpha value is -1.60. The van der Waals surface area contributed by atoms with Gasteiger partial charge in [-0.3, -0.25) is 4.79 Å².